The Kier molecular flexibility index (Phi) is 6.45. The molecule has 0 bridgehead atoms. The minimum atomic E-state index is 0.727. The minimum Gasteiger partial charge on any atom is -0.457 e. The Morgan fingerprint density at radius 2 is 1.04 bits per heavy atom. The van der Waals surface area contributed by atoms with Crippen molar-refractivity contribution in [3.63, 3.8) is 0 Å². The number of imidazole rings is 2. The molecule has 5 heterocycles. The zero-order valence-corrected chi connectivity index (χ0v) is 28.4. The number of hydrogen-bond donors (Lipinski definition) is 0. The number of benzene rings is 6. The Labute approximate surface area is 303 Å². The Morgan fingerprint density at radius 3 is 1.77 bits per heavy atom. The van der Waals surface area contributed by atoms with Crippen LogP contribution < -0.4 is 4.74 Å². The van der Waals surface area contributed by atoms with Crippen LogP contribution in [0.15, 0.2) is 176 Å². The van der Waals surface area contributed by atoms with Crippen molar-refractivity contribution in [2.45, 2.75) is 0 Å². The van der Waals surface area contributed by atoms with Crippen molar-refractivity contribution in [1.82, 2.24) is 23.8 Å². The normalized spacial score (nSPS) is 11.8. The molecule has 5 aromatic heterocycles. The second-order valence-electron chi connectivity index (χ2n) is 13.3. The van der Waals surface area contributed by atoms with Crippen LogP contribution in [0.1, 0.15) is 0 Å². The summed E-state index contributed by atoms with van der Waals surface area (Å²) < 4.78 is 11.0. The van der Waals surface area contributed by atoms with Crippen molar-refractivity contribution in [3.05, 3.63) is 176 Å². The average Bonchev–Trinajstić information content (AvgIpc) is 3.91. The van der Waals surface area contributed by atoms with Crippen LogP contribution in [-0.4, -0.2) is 23.8 Å². The third-order valence-electron chi connectivity index (χ3n) is 10.3. The van der Waals surface area contributed by atoms with E-state index >= 15 is 0 Å². The van der Waals surface area contributed by atoms with E-state index in [2.05, 4.69) is 136 Å². The van der Waals surface area contributed by atoms with Crippen LogP contribution in [0.5, 0.6) is 11.5 Å². The summed E-state index contributed by atoms with van der Waals surface area (Å²) in [4.78, 5) is 14.6. The Bertz CT molecular complexity index is 3190. The lowest BCUT2D eigenvalue weighted by Crippen LogP contribution is -1.97. The predicted molar refractivity (Wildman–Crippen MR) is 215 cm³/mol. The SMILES string of the molecule is c1ccc(-c2ccc3c4ccc(Oc5ccc6c7cccnc7n7c(-c8ccccc8)cnc7c6c5)cc4c4nccn4c3c2-c2ccccc2)cc1. The number of nitrogens with zero attached hydrogens (tertiary/aromatic N) is 5. The monoisotopic (exact) mass is 679 g/mol. The largest absolute Gasteiger partial charge is 0.457 e. The molecule has 11 aromatic rings. The van der Waals surface area contributed by atoms with Gasteiger partial charge in [0.2, 0.25) is 0 Å². The fourth-order valence-electron chi connectivity index (χ4n) is 8.00. The summed E-state index contributed by atoms with van der Waals surface area (Å²) in [5.74, 6) is 1.46. The standard InChI is InChI=1S/C47H29N5O/c1-4-11-30(12-5-1)35-22-23-38-36-20-18-33(27-40(36)45-49-25-26-51(45)44(38)43(35)32-15-8-3-9-16-32)53-34-19-21-37-39-17-10-24-48-46(39)52-42(31-13-6-2-7-14-31)29-50-47(52)41(37)28-34/h1-29H. The van der Waals surface area contributed by atoms with E-state index in [-0.39, 0.29) is 0 Å². The molecule has 0 aliphatic carbocycles. The van der Waals surface area contributed by atoms with Crippen LogP contribution in [0.4, 0.5) is 0 Å². The number of hydrogen-bond acceptors (Lipinski definition) is 4. The Morgan fingerprint density at radius 1 is 0.434 bits per heavy atom. The first-order valence-corrected chi connectivity index (χ1v) is 17.7. The smallest absolute Gasteiger partial charge is 0.146 e. The van der Waals surface area contributed by atoms with Crippen molar-refractivity contribution in [2.24, 2.45) is 0 Å². The van der Waals surface area contributed by atoms with Gasteiger partial charge in [-0.2, -0.15) is 0 Å². The highest BCUT2D eigenvalue weighted by Gasteiger charge is 2.20. The van der Waals surface area contributed by atoms with Gasteiger partial charge in [0.15, 0.2) is 0 Å². The van der Waals surface area contributed by atoms with Crippen LogP contribution in [-0.2, 0) is 0 Å². The molecular weight excluding hydrogens is 651 g/mol. The highest BCUT2D eigenvalue weighted by Crippen LogP contribution is 2.42. The molecule has 0 saturated heterocycles. The van der Waals surface area contributed by atoms with E-state index in [0.29, 0.717) is 0 Å². The number of fused-ring (bicyclic) bond motifs is 12. The van der Waals surface area contributed by atoms with E-state index in [4.69, 9.17) is 19.7 Å². The molecule has 6 aromatic carbocycles. The lowest BCUT2D eigenvalue weighted by Gasteiger charge is -2.18. The molecule has 6 heteroatoms. The van der Waals surface area contributed by atoms with Gasteiger partial charge in [-0.3, -0.25) is 8.80 Å². The maximum atomic E-state index is 6.66. The number of aromatic nitrogens is 5. The molecule has 0 aliphatic rings. The molecule has 0 spiro atoms. The fraction of sp³-hybridized carbons (Fsp3) is 0. The van der Waals surface area contributed by atoms with E-state index in [0.717, 1.165) is 83.1 Å². The first-order chi connectivity index (χ1) is 26.3. The number of pyridine rings is 3. The maximum absolute atomic E-state index is 6.66. The highest BCUT2D eigenvalue weighted by atomic mass is 16.5. The molecule has 6 nitrogen and oxygen atoms in total. The van der Waals surface area contributed by atoms with E-state index in [1.165, 1.54) is 16.7 Å². The van der Waals surface area contributed by atoms with Gasteiger partial charge >= 0.3 is 0 Å². The first kappa shape index (κ1) is 29.4. The van der Waals surface area contributed by atoms with Gasteiger partial charge in [-0.1, -0.05) is 103 Å². The molecule has 0 unspecified atom stereocenters. The second-order valence-corrected chi connectivity index (χ2v) is 13.3. The highest BCUT2D eigenvalue weighted by molar-refractivity contribution is 6.17. The van der Waals surface area contributed by atoms with Crippen LogP contribution in [0, 0.1) is 0 Å². The lowest BCUT2D eigenvalue weighted by atomic mass is 9.90. The number of rotatable bonds is 5. The van der Waals surface area contributed by atoms with Crippen molar-refractivity contribution in [1.29, 1.82) is 0 Å². The number of ether oxygens (including phenoxy) is 1. The zero-order valence-electron chi connectivity index (χ0n) is 28.4. The molecule has 0 amide bonds. The predicted octanol–water partition coefficient (Wildman–Crippen LogP) is 11.8. The van der Waals surface area contributed by atoms with Gasteiger partial charge < -0.3 is 4.74 Å². The maximum Gasteiger partial charge on any atom is 0.146 e. The third-order valence-corrected chi connectivity index (χ3v) is 10.3. The van der Waals surface area contributed by atoms with Crippen molar-refractivity contribution >= 4 is 54.8 Å². The molecule has 0 saturated carbocycles. The summed E-state index contributed by atoms with van der Waals surface area (Å²) in [5.41, 5.74) is 10.5. The fourth-order valence-corrected chi connectivity index (χ4v) is 8.00. The van der Waals surface area contributed by atoms with E-state index in [1.54, 1.807) is 0 Å². The molecule has 0 atom stereocenters. The first-order valence-electron chi connectivity index (χ1n) is 17.7. The van der Waals surface area contributed by atoms with E-state index in [9.17, 15) is 0 Å². The summed E-state index contributed by atoms with van der Waals surface area (Å²) >= 11 is 0. The topological polar surface area (TPSA) is 56.7 Å². The van der Waals surface area contributed by atoms with Crippen molar-refractivity contribution < 1.29 is 4.74 Å². The third kappa shape index (κ3) is 4.56. The summed E-state index contributed by atoms with van der Waals surface area (Å²) in [6, 6.07) is 52.7. The van der Waals surface area contributed by atoms with Gasteiger partial charge in [-0.25, -0.2) is 15.0 Å². The summed E-state index contributed by atoms with van der Waals surface area (Å²) in [5, 5.41) is 6.42. The van der Waals surface area contributed by atoms with Crippen LogP contribution >= 0.6 is 0 Å². The van der Waals surface area contributed by atoms with Gasteiger partial charge in [0.25, 0.3) is 0 Å². The van der Waals surface area contributed by atoms with Gasteiger partial charge in [-0.15, -0.1) is 0 Å². The second kappa shape index (κ2) is 11.6. The van der Waals surface area contributed by atoms with Crippen LogP contribution in [0.2, 0.25) is 0 Å². The molecule has 53 heavy (non-hydrogen) atoms. The van der Waals surface area contributed by atoms with Gasteiger partial charge in [-0.05, 0) is 76.0 Å². The van der Waals surface area contributed by atoms with Crippen LogP contribution in [0.25, 0.3) is 88.3 Å². The molecule has 248 valence electrons. The van der Waals surface area contributed by atoms with Gasteiger partial charge in [0, 0.05) is 51.3 Å². The average molecular weight is 680 g/mol. The summed E-state index contributed by atoms with van der Waals surface area (Å²) in [6.07, 6.45) is 7.72. The van der Waals surface area contributed by atoms with Crippen molar-refractivity contribution in [2.75, 3.05) is 0 Å². The van der Waals surface area contributed by atoms with E-state index < -0.39 is 0 Å². The molecule has 11 rings (SSSR count). The molecular formula is C47H29N5O. The summed E-state index contributed by atoms with van der Waals surface area (Å²) in [7, 11) is 0. The Hall–Kier alpha value is -7.31. The van der Waals surface area contributed by atoms with Crippen molar-refractivity contribution in [3.8, 4) is 45.0 Å². The zero-order chi connectivity index (χ0) is 34.9. The minimum absolute atomic E-state index is 0.727. The van der Waals surface area contributed by atoms with Gasteiger partial charge in [0.1, 0.15) is 28.4 Å². The van der Waals surface area contributed by atoms with E-state index in [1.807, 2.05) is 48.9 Å². The molecule has 0 radical (unpaired) electrons. The Balaban J connectivity index is 1.08. The summed E-state index contributed by atoms with van der Waals surface area (Å²) in [6.45, 7) is 0. The van der Waals surface area contributed by atoms with Gasteiger partial charge in [0.05, 0.1) is 17.4 Å². The molecule has 0 aliphatic heterocycles. The quantitative estimate of drug-likeness (QED) is 0.170. The lowest BCUT2D eigenvalue weighted by molar-refractivity contribution is 0.484. The molecule has 0 fully saturated rings. The molecule has 0 N–H and O–H groups in total. The van der Waals surface area contributed by atoms with Crippen LogP contribution in [0.3, 0.4) is 0 Å².